The molecule has 0 spiro atoms. The predicted molar refractivity (Wildman–Crippen MR) is 123 cm³/mol. The second-order valence-electron chi connectivity index (χ2n) is 7.68. The second-order valence-corrected chi connectivity index (χ2v) is 8.66. The van der Waals surface area contributed by atoms with E-state index in [1.165, 1.54) is 55.2 Å². The van der Waals surface area contributed by atoms with Gasteiger partial charge in [0.2, 0.25) is 0 Å². The molecule has 0 fully saturated rings. The third kappa shape index (κ3) is 5.88. The quantitative estimate of drug-likeness (QED) is 0.274. The summed E-state index contributed by atoms with van der Waals surface area (Å²) in [6.07, 6.45) is 11.1. The Morgan fingerprint density at radius 2 is 1.53 bits per heavy atom. The number of unbranched alkanes of at least 4 members (excludes halogenated alkanes) is 7. The Bertz CT molecular complexity index is 843. The van der Waals surface area contributed by atoms with E-state index in [-0.39, 0.29) is 11.8 Å². The summed E-state index contributed by atoms with van der Waals surface area (Å²) >= 11 is 1.39. The third-order valence-corrected chi connectivity index (χ3v) is 6.46. The minimum atomic E-state index is -0.170. The summed E-state index contributed by atoms with van der Waals surface area (Å²) < 4.78 is 5.40. The lowest BCUT2D eigenvalue weighted by Gasteiger charge is -2.15. The van der Waals surface area contributed by atoms with E-state index in [0.717, 1.165) is 24.2 Å². The van der Waals surface area contributed by atoms with Gasteiger partial charge >= 0.3 is 0 Å². The molecule has 2 aromatic rings. The molecule has 2 amide bonds. The smallest absolute Gasteiger partial charge is 0.267 e. The molecule has 3 rings (SSSR count). The molecule has 5 heteroatoms. The molecule has 1 aliphatic rings. The van der Waals surface area contributed by atoms with Gasteiger partial charge in [0, 0.05) is 6.54 Å². The first kappa shape index (κ1) is 22.4. The molecule has 4 nitrogen and oxygen atoms in total. The molecule has 160 valence electrons. The molecule has 0 unspecified atom stereocenters. The van der Waals surface area contributed by atoms with Crippen molar-refractivity contribution in [1.29, 1.82) is 0 Å². The number of hydrogen-bond donors (Lipinski definition) is 0. The zero-order chi connectivity index (χ0) is 21.2. The Hall–Kier alpha value is -2.27. The highest BCUT2D eigenvalue weighted by Crippen LogP contribution is 2.37. The van der Waals surface area contributed by atoms with Crippen LogP contribution in [-0.4, -0.2) is 23.3 Å². The minimum absolute atomic E-state index is 0.168. The number of nitrogens with zero attached hydrogens (tertiary/aromatic N) is 1. The van der Waals surface area contributed by atoms with E-state index in [1.54, 1.807) is 6.26 Å². The predicted octanol–water partition coefficient (Wildman–Crippen LogP) is 6.43. The molecular formula is C25H31NO3S. The highest BCUT2D eigenvalue weighted by atomic mass is 32.2. The highest BCUT2D eigenvalue weighted by Gasteiger charge is 2.38. The average molecular weight is 426 g/mol. The minimum Gasteiger partial charge on any atom is -0.468 e. The Labute approximate surface area is 183 Å². The molecule has 0 saturated carbocycles. The summed E-state index contributed by atoms with van der Waals surface area (Å²) in [6, 6.07) is 13.2. The normalized spacial score (nSPS) is 14.2. The van der Waals surface area contributed by atoms with Crippen molar-refractivity contribution < 1.29 is 14.0 Å². The number of furan rings is 1. The summed E-state index contributed by atoms with van der Waals surface area (Å²) in [5, 5.41) is 0. The van der Waals surface area contributed by atoms with Crippen molar-refractivity contribution >= 4 is 29.1 Å². The summed E-state index contributed by atoms with van der Waals surface area (Å²) in [5.74, 6) is 0.986. The first-order valence-corrected chi connectivity index (χ1v) is 12.0. The van der Waals surface area contributed by atoms with Gasteiger partial charge in [-0.25, -0.2) is 0 Å². The Morgan fingerprint density at radius 1 is 0.833 bits per heavy atom. The first-order chi connectivity index (χ1) is 14.7. The van der Waals surface area contributed by atoms with Gasteiger partial charge in [-0.05, 0) is 24.1 Å². The van der Waals surface area contributed by atoms with Crippen LogP contribution in [0.4, 0.5) is 0 Å². The fraction of sp³-hybridized carbons (Fsp3) is 0.440. The molecule has 0 atom stereocenters. The van der Waals surface area contributed by atoms with E-state index in [0.29, 0.717) is 22.8 Å². The Kier molecular flexibility index (Phi) is 8.81. The Morgan fingerprint density at radius 3 is 2.20 bits per heavy atom. The molecule has 0 aliphatic carbocycles. The number of rotatable bonds is 13. The molecule has 0 N–H and O–H groups in total. The van der Waals surface area contributed by atoms with Crippen molar-refractivity contribution in [3.05, 3.63) is 65.0 Å². The molecule has 0 radical (unpaired) electrons. The number of benzene rings is 1. The van der Waals surface area contributed by atoms with Crippen molar-refractivity contribution in [2.75, 3.05) is 6.54 Å². The third-order valence-electron chi connectivity index (χ3n) is 5.36. The van der Waals surface area contributed by atoms with E-state index in [2.05, 4.69) is 6.92 Å². The molecular weight excluding hydrogens is 394 g/mol. The number of carbonyl (C=O) groups is 2. The van der Waals surface area contributed by atoms with Crippen LogP contribution < -0.4 is 0 Å². The summed E-state index contributed by atoms with van der Waals surface area (Å²) in [7, 11) is 0. The van der Waals surface area contributed by atoms with E-state index in [9.17, 15) is 9.59 Å². The fourth-order valence-corrected chi connectivity index (χ4v) is 4.73. The zero-order valence-corrected chi connectivity index (χ0v) is 18.6. The van der Waals surface area contributed by atoms with Crippen LogP contribution >= 0.6 is 11.8 Å². The van der Waals surface area contributed by atoms with Crippen LogP contribution in [0.5, 0.6) is 0 Å². The van der Waals surface area contributed by atoms with Crippen molar-refractivity contribution in [2.24, 2.45) is 0 Å². The largest absolute Gasteiger partial charge is 0.468 e. The van der Waals surface area contributed by atoms with Gasteiger partial charge in [-0.3, -0.25) is 14.5 Å². The van der Waals surface area contributed by atoms with Crippen molar-refractivity contribution in [3.63, 3.8) is 0 Å². The molecule has 1 aromatic heterocycles. The average Bonchev–Trinajstić information content (AvgIpc) is 3.36. The molecule has 1 aromatic carbocycles. The lowest BCUT2D eigenvalue weighted by Crippen LogP contribution is -2.32. The van der Waals surface area contributed by atoms with Crippen molar-refractivity contribution in [1.82, 2.24) is 4.90 Å². The Balaban J connectivity index is 1.61. The van der Waals surface area contributed by atoms with Gasteiger partial charge in [0.25, 0.3) is 11.8 Å². The topological polar surface area (TPSA) is 50.5 Å². The van der Waals surface area contributed by atoms with Crippen LogP contribution in [0.2, 0.25) is 0 Å². The summed E-state index contributed by atoms with van der Waals surface area (Å²) in [4.78, 5) is 28.2. The van der Waals surface area contributed by atoms with Gasteiger partial charge in [0.05, 0.1) is 22.5 Å². The molecule has 0 saturated heterocycles. The number of imide groups is 1. The SMILES string of the molecule is CCCCCCCCCCN1C(=O)C(SCc2ccco2)=C(c2ccccc2)C1=O. The number of thioether (sulfide) groups is 1. The maximum Gasteiger partial charge on any atom is 0.267 e. The van der Waals surface area contributed by atoms with E-state index in [4.69, 9.17) is 4.42 Å². The summed E-state index contributed by atoms with van der Waals surface area (Å²) in [5.41, 5.74) is 1.33. The van der Waals surface area contributed by atoms with E-state index < -0.39 is 0 Å². The number of hydrogen-bond acceptors (Lipinski definition) is 4. The van der Waals surface area contributed by atoms with Crippen molar-refractivity contribution in [2.45, 2.75) is 64.0 Å². The lowest BCUT2D eigenvalue weighted by atomic mass is 10.1. The summed E-state index contributed by atoms with van der Waals surface area (Å²) in [6.45, 7) is 2.72. The van der Waals surface area contributed by atoms with Gasteiger partial charge in [-0.15, -0.1) is 11.8 Å². The van der Waals surface area contributed by atoms with Crippen LogP contribution in [-0.2, 0) is 15.3 Å². The monoisotopic (exact) mass is 425 g/mol. The zero-order valence-electron chi connectivity index (χ0n) is 17.8. The second kappa shape index (κ2) is 11.8. The molecule has 0 bridgehead atoms. The van der Waals surface area contributed by atoms with Gasteiger partial charge in [-0.2, -0.15) is 0 Å². The van der Waals surface area contributed by atoms with Crippen LogP contribution in [0.25, 0.3) is 5.57 Å². The van der Waals surface area contributed by atoms with Crippen LogP contribution in [0.15, 0.2) is 58.1 Å². The molecule has 1 aliphatic heterocycles. The van der Waals surface area contributed by atoms with E-state index in [1.807, 2.05) is 42.5 Å². The highest BCUT2D eigenvalue weighted by molar-refractivity contribution is 8.03. The maximum atomic E-state index is 13.1. The van der Waals surface area contributed by atoms with Gasteiger partial charge in [-0.1, -0.05) is 82.2 Å². The standard InChI is InChI=1S/C25H31NO3S/c1-2-3-4-5-6-7-8-12-17-26-24(27)22(20-14-10-9-11-15-20)23(25(26)28)30-19-21-16-13-18-29-21/h9-11,13-16,18H,2-8,12,17,19H2,1H3. The van der Waals surface area contributed by atoms with Crippen LogP contribution in [0, 0.1) is 0 Å². The first-order valence-electron chi connectivity index (χ1n) is 11.0. The number of amides is 2. The molecule has 2 heterocycles. The maximum absolute atomic E-state index is 13.1. The van der Waals surface area contributed by atoms with Gasteiger partial charge in [0.1, 0.15) is 5.76 Å². The number of carbonyl (C=O) groups excluding carboxylic acids is 2. The lowest BCUT2D eigenvalue weighted by molar-refractivity contribution is -0.136. The van der Waals surface area contributed by atoms with Crippen LogP contribution in [0.3, 0.4) is 0 Å². The van der Waals surface area contributed by atoms with Gasteiger partial charge in [0.15, 0.2) is 0 Å². The fourth-order valence-electron chi connectivity index (χ4n) is 3.69. The van der Waals surface area contributed by atoms with Gasteiger partial charge < -0.3 is 4.42 Å². The van der Waals surface area contributed by atoms with E-state index >= 15 is 0 Å². The van der Waals surface area contributed by atoms with Crippen LogP contribution in [0.1, 0.15) is 69.6 Å². The molecule has 30 heavy (non-hydrogen) atoms. The van der Waals surface area contributed by atoms with Crippen molar-refractivity contribution in [3.8, 4) is 0 Å².